The first-order chi connectivity index (χ1) is 10.4. The second kappa shape index (κ2) is 7.04. The van der Waals surface area contributed by atoms with E-state index in [1.807, 2.05) is 17.8 Å². The van der Waals surface area contributed by atoms with Crippen molar-refractivity contribution in [2.75, 3.05) is 12.8 Å². The summed E-state index contributed by atoms with van der Waals surface area (Å²) in [6.07, 6.45) is 4.98. The van der Waals surface area contributed by atoms with Crippen LogP contribution in [0.4, 0.5) is 0 Å². The summed E-state index contributed by atoms with van der Waals surface area (Å²) < 4.78 is 2.02. The molecular formula is C15H21N5S. The number of tetrazole rings is 1. The highest BCUT2D eigenvalue weighted by Gasteiger charge is 2.22. The molecule has 1 aromatic carbocycles. The molecule has 21 heavy (non-hydrogen) atoms. The van der Waals surface area contributed by atoms with Gasteiger partial charge in [-0.1, -0.05) is 54.9 Å². The van der Waals surface area contributed by atoms with Crippen molar-refractivity contribution >= 4 is 11.8 Å². The van der Waals surface area contributed by atoms with E-state index in [-0.39, 0.29) is 0 Å². The van der Waals surface area contributed by atoms with Crippen LogP contribution in [0.3, 0.4) is 0 Å². The minimum atomic E-state index is 0.310. The monoisotopic (exact) mass is 303 g/mol. The molecule has 0 bridgehead atoms. The van der Waals surface area contributed by atoms with Gasteiger partial charge in [-0.3, -0.25) is 0 Å². The lowest BCUT2D eigenvalue weighted by molar-refractivity contribution is 0.423. The minimum absolute atomic E-state index is 0.310. The third-order valence-electron chi connectivity index (χ3n) is 4.06. The smallest absolute Gasteiger partial charge is 0.209 e. The Labute approximate surface area is 129 Å². The molecule has 0 amide bonds. The summed E-state index contributed by atoms with van der Waals surface area (Å²) in [6.45, 7) is 0. The van der Waals surface area contributed by atoms with Gasteiger partial charge >= 0.3 is 0 Å². The predicted octanol–water partition coefficient (Wildman–Crippen LogP) is 2.84. The minimum Gasteiger partial charge on any atom is -0.312 e. The number of nitrogens with zero attached hydrogens (tertiary/aromatic N) is 4. The molecule has 0 radical (unpaired) electrons. The normalized spacial score (nSPS) is 17.2. The number of benzene rings is 1. The van der Waals surface area contributed by atoms with Gasteiger partial charge in [0, 0.05) is 11.8 Å². The second-order valence-corrected chi connectivity index (χ2v) is 6.39. The van der Waals surface area contributed by atoms with Gasteiger partial charge < -0.3 is 5.32 Å². The highest BCUT2D eigenvalue weighted by molar-refractivity contribution is 7.99. The fourth-order valence-electron chi connectivity index (χ4n) is 2.85. The Morgan fingerprint density at radius 3 is 2.76 bits per heavy atom. The topological polar surface area (TPSA) is 55.6 Å². The van der Waals surface area contributed by atoms with Crippen molar-refractivity contribution < 1.29 is 0 Å². The molecule has 1 heterocycles. The fourth-order valence-corrected chi connectivity index (χ4v) is 3.93. The largest absolute Gasteiger partial charge is 0.312 e. The Kier molecular flexibility index (Phi) is 4.87. The third kappa shape index (κ3) is 3.44. The predicted molar refractivity (Wildman–Crippen MR) is 84.3 cm³/mol. The maximum Gasteiger partial charge on any atom is 0.209 e. The van der Waals surface area contributed by atoms with Crippen LogP contribution in [0.5, 0.6) is 0 Å². The molecule has 1 aliphatic carbocycles. The molecule has 1 aliphatic rings. The van der Waals surface area contributed by atoms with Gasteiger partial charge in [-0.15, -0.1) is 5.10 Å². The lowest BCUT2D eigenvalue weighted by Crippen LogP contribution is -2.19. The van der Waals surface area contributed by atoms with E-state index in [0.717, 1.165) is 10.9 Å². The average molecular weight is 303 g/mol. The molecule has 1 N–H and O–H groups in total. The van der Waals surface area contributed by atoms with Gasteiger partial charge in [-0.05, 0) is 35.9 Å². The van der Waals surface area contributed by atoms with Crippen LogP contribution in [-0.2, 0) is 0 Å². The zero-order valence-electron chi connectivity index (χ0n) is 12.3. The van der Waals surface area contributed by atoms with Gasteiger partial charge in [-0.25, -0.2) is 4.68 Å². The van der Waals surface area contributed by atoms with Gasteiger partial charge in [0.2, 0.25) is 5.16 Å². The number of rotatable bonds is 6. The summed E-state index contributed by atoms with van der Waals surface area (Å²) in [4.78, 5) is 0. The van der Waals surface area contributed by atoms with Gasteiger partial charge in [0.1, 0.15) is 0 Å². The van der Waals surface area contributed by atoms with Crippen molar-refractivity contribution in [3.05, 3.63) is 35.9 Å². The SMILES string of the molecule is CNC(CSc1nnnn1C1CCCC1)c1ccccc1. The zero-order chi connectivity index (χ0) is 14.5. The Morgan fingerprint density at radius 2 is 2.05 bits per heavy atom. The summed E-state index contributed by atoms with van der Waals surface area (Å²) in [5, 5.41) is 16.6. The zero-order valence-corrected chi connectivity index (χ0v) is 13.1. The summed E-state index contributed by atoms with van der Waals surface area (Å²) in [6, 6.07) is 11.3. The molecule has 1 atom stereocenters. The number of aromatic nitrogens is 4. The van der Waals surface area contributed by atoms with Crippen molar-refractivity contribution in [3.8, 4) is 0 Å². The van der Waals surface area contributed by atoms with E-state index in [0.29, 0.717) is 12.1 Å². The maximum atomic E-state index is 4.20. The fraction of sp³-hybridized carbons (Fsp3) is 0.533. The van der Waals surface area contributed by atoms with E-state index < -0.39 is 0 Å². The van der Waals surface area contributed by atoms with Crippen LogP contribution in [-0.4, -0.2) is 33.0 Å². The molecule has 5 nitrogen and oxygen atoms in total. The van der Waals surface area contributed by atoms with Crippen LogP contribution in [0.15, 0.2) is 35.5 Å². The lowest BCUT2D eigenvalue weighted by Gasteiger charge is -2.16. The summed E-state index contributed by atoms with van der Waals surface area (Å²) in [5.74, 6) is 0.924. The third-order valence-corrected chi connectivity index (χ3v) is 5.09. The molecule has 2 aromatic rings. The Hall–Kier alpha value is -1.40. The molecule has 1 fully saturated rings. The average Bonchev–Trinajstić information content (AvgIpc) is 3.20. The van der Waals surface area contributed by atoms with E-state index in [1.165, 1.54) is 31.2 Å². The Balaban J connectivity index is 1.65. The quantitative estimate of drug-likeness (QED) is 0.832. The molecule has 0 aliphatic heterocycles. The molecule has 0 spiro atoms. The number of hydrogen-bond donors (Lipinski definition) is 1. The highest BCUT2D eigenvalue weighted by Crippen LogP contribution is 2.32. The lowest BCUT2D eigenvalue weighted by atomic mass is 10.1. The number of hydrogen-bond acceptors (Lipinski definition) is 5. The molecule has 6 heteroatoms. The standard InChI is InChI=1S/C15H21N5S/c1-16-14(12-7-3-2-4-8-12)11-21-15-17-18-19-20(15)13-9-5-6-10-13/h2-4,7-8,13-14,16H,5-6,9-11H2,1H3. The van der Waals surface area contributed by atoms with Gasteiger partial charge in [0.25, 0.3) is 0 Å². The Morgan fingerprint density at radius 1 is 1.29 bits per heavy atom. The van der Waals surface area contributed by atoms with Crippen molar-refractivity contribution in [2.24, 2.45) is 0 Å². The van der Waals surface area contributed by atoms with Gasteiger partial charge in [0.05, 0.1) is 6.04 Å². The van der Waals surface area contributed by atoms with E-state index >= 15 is 0 Å². The van der Waals surface area contributed by atoms with Crippen LogP contribution in [0, 0.1) is 0 Å². The van der Waals surface area contributed by atoms with Gasteiger partial charge in [-0.2, -0.15) is 0 Å². The van der Waals surface area contributed by atoms with Crippen molar-refractivity contribution in [2.45, 2.75) is 42.9 Å². The first-order valence-corrected chi connectivity index (χ1v) is 8.50. The van der Waals surface area contributed by atoms with Crippen LogP contribution in [0.2, 0.25) is 0 Å². The van der Waals surface area contributed by atoms with Crippen molar-refractivity contribution in [1.82, 2.24) is 25.5 Å². The Bertz CT molecular complexity index is 550. The molecule has 1 saturated carbocycles. The summed E-state index contributed by atoms with van der Waals surface area (Å²) in [5.41, 5.74) is 1.30. The van der Waals surface area contributed by atoms with Gasteiger partial charge in [0.15, 0.2) is 0 Å². The second-order valence-electron chi connectivity index (χ2n) is 5.41. The molecular weight excluding hydrogens is 282 g/mol. The molecule has 0 saturated heterocycles. The maximum absolute atomic E-state index is 4.20. The highest BCUT2D eigenvalue weighted by atomic mass is 32.2. The van der Waals surface area contributed by atoms with Crippen LogP contribution in [0.25, 0.3) is 0 Å². The van der Waals surface area contributed by atoms with E-state index in [1.54, 1.807) is 11.8 Å². The van der Waals surface area contributed by atoms with Crippen LogP contribution in [0.1, 0.15) is 43.3 Å². The van der Waals surface area contributed by atoms with E-state index in [2.05, 4.69) is 45.1 Å². The molecule has 112 valence electrons. The van der Waals surface area contributed by atoms with Crippen LogP contribution < -0.4 is 5.32 Å². The summed E-state index contributed by atoms with van der Waals surface area (Å²) >= 11 is 1.73. The molecule has 1 aromatic heterocycles. The number of thioether (sulfide) groups is 1. The van der Waals surface area contributed by atoms with E-state index in [4.69, 9.17) is 0 Å². The first-order valence-electron chi connectivity index (χ1n) is 7.51. The van der Waals surface area contributed by atoms with E-state index in [9.17, 15) is 0 Å². The van der Waals surface area contributed by atoms with Crippen LogP contribution >= 0.6 is 11.8 Å². The molecule has 3 rings (SSSR count). The van der Waals surface area contributed by atoms with Crippen molar-refractivity contribution in [3.63, 3.8) is 0 Å². The summed E-state index contributed by atoms with van der Waals surface area (Å²) in [7, 11) is 2.00. The number of nitrogens with one attached hydrogen (secondary N) is 1. The van der Waals surface area contributed by atoms with Crippen molar-refractivity contribution in [1.29, 1.82) is 0 Å². The first kappa shape index (κ1) is 14.5. The molecule has 1 unspecified atom stereocenters.